The first-order chi connectivity index (χ1) is 12.2. The van der Waals surface area contributed by atoms with Crippen molar-refractivity contribution in [3.05, 3.63) is 48.3 Å². The van der Waals surface area contributed by atoms with E-state index in [0.717, 1.165) is 22.6 Å². The second kappa shape index (κ2) is 6.68. The van der Waals surface area contributed by atoms with Crippen LogP contribution in [0.1, 0.15) is 5.82 Å². The molecule has 2 aromatic carbocycles. The zero-order valence-electron chi connectivity index (χ0n) is 13.7. The van der Waals surface area contributed by atoms with Gasteiger partial charge in [-0.15, -0.1) is 0 Å². The van der Waals surface area contributed by atoms with Crippen molar-refractivity contribution in [1.29, 1.82) is 0 Å². The van der Waals surface area contributed by atoms with Gasteiger partial charge in [-0.2, -0.15) is 11.8 Å². The zero-order chi connectivity index (χ0) is 17.2. The molecule has 1 aliphatic heterocycles. The summed E-state index contributed by atoms with van der Waals surface area (Å²) < 4.78 is 12.6. The van der Waals surface area contributed by atoms with Gasteiger partial charge in [-0.1, -0.05) is 12.1 Å². The molecule has 1 N–H and O–H groups in total. The van der Waals surface area contributed by atoms with Gasteiger partial charge in [0.15, 0.2) is 11.5 Å². The number of rotatable bonds is 5. The summed E-state index contributed by atoms with van der Waals surface area (Å²) in [5.74, 6) is 2.89. The van der Waals surface area contributed by atoms with E-state index in [-0.39, 0.29) is 19.2 Å². The van der Waals surface area contributed by atoms with Crippen LogP contribution in [0.25, 0.3) is 11.0 Å². The van der Waals surface area contributed by atoms with Crippen LogP contribution in [0, 0.1) is 0 Å². The lowest BCUT2D eigenvalue weighted by molar-refractivity contribution is -0.116. The minimum absolute atomic E-state index is 0.107. The molecule has 0 spiro atoms. The van der Waals surface area contributed by atoms with Crippen LogP contribution in [-0.4, -0.2) is 28.5 Å². The van der Waals surface area contributed by atoms with Gasteiger partial charge in [0, 0.05) is 11.8 Å². The largest absolute Gasteiger partial charge is 0.454 e. The van der Waals surface area contributed by atoms with Crippen LogP contribution in [0.5, 0.6) is 11.5 Å². The number of ether oxygens (including phenoxy) is 2. The van der Waals surface area contributed by atoms with E-state index in [0.29, 0.717) is 17.2 Å². The minimum atomic E-state index is -0.107. The maximum atomic E-state index is 12.5. The Kier molecular flexibility index (Phi) is 4.23. The van der Waals surface area contributed by atoms with E-state index in [4.69, 9.17) is 9.47 Å². The summed E-state index contributed by atoms with van der Waals surface area (Å²) in [4.78, 5) is 17.2. The van der Waals surface area contributed by atoms with Crippen molar-refractivity contribution < 1.29 is 14.3 Å². The summed E-state index contributed by atoms with van der Waals surface area (Å²) in [5.41, 5.74) is 2.56. The molecule has 1 aliphatic rings. The molecule has 0 radical (unpaired) electrons. The van der Waals surface area contributed by atoms with Crippen LogP contribution in [-0.2, 0) is 17.1 Å². The molecular weight excluding hydrogens is 338 g/mol. The van der Waals surface area contributed by atoms with E-state index in [1.54, 1.807) is 30.0 Å². The molecule has 0 unspecified atom stereocenters. The first kappa shape index (κ1) is 15.8. The highest BCUT2D eigenvalue weighted by Gasteiger charge is 2.16. The fourth-order valence-electron chi connectivity index (χ4n) is 2.86. The molecule has 0 atom stereocenters. The number of para-hydroxylation sites is 2. The maximum Gasteiger partial charge on any atom is 0.244 e. The molecule has 0 aliphatic carbocycles. The lowest BCUT2D eigenvalue weighted by atomic mass is 10.2. The number of hydrogen-bond acceptors (Lipinski definition) is 5. The van der Waals surface area contributed by atoms with Crippen LogP contribution in [0.15, 0.2) is 42.5 Å². The molecule has 1 aromatic heterocycles. The second-order valence-electron chi connectivity index (χ2n) is 5.65. The Morgan fingerprint density at radius 1 is 1.24 bits per heavy atom. The molecule has 6 nitrogen and oxygen atoms in total. The Hall–Kier alpha value is -2.67. The lowest BCUT2D eigenvalue weighted by Crippen LogP contribution is -2.20. The quantitative estimate of drug-likeness (QED) is 0.761. The van der Waals surface area contributed by atoms with Gasteiger partial charge in [-0.3, -0.25) is 4.79 Å². The molecule has 0 saturated heterocycles. The molecule has 128 valence electrons. The molecule has 4 rings (SSSR count). The summed E-state index contributed by atoms with van der Waals surface area (Å²) in [7, 11) is 0. The molecular formula is C18H17N3O3S. The van der Waals surface area contributed by atoms with Gasteiger partial charge in [-0.25, -0.2) is 4.98 Å². The fraction of sp³-hybridized carbons (Fsp3) is 0.222. The third-order valence-electron chi connectivity index (χ3n) is 3.97. The number of nitrogens with zero attached hydrogens (tertiary/aromatic N) is 2. The first-order valence-electron chi connectivity index (χ1n) is 7.87. The number of fused-ring (bicyclic) bond motifs is 2. The molecule has 2 heterocycles. The predicted molar refractivity (Wildman–Crippen MR) is 98.1 cm³/mol. The second-order valence-corrected chi connectivity index (χ2v) is 6.52. The Bertz CT molecular complexity index is 938. The van der Waals surface area contributed by atoms with Crippen molar-refractivity contribution >= 4 is 34.4 Å². The number of carbonyl (C=O) groups excluding carboxylic acids is 1. The Balaban J connectivity index is 1.56. The van der Waals surface area contributed by atoms with E-state index < -0.39 is 0 Å². The monoisotopic (exact) mass is 355 g/mol. The van der Waals surface area contributed by atoms with Crippen LogP contribution >= 0.6 is 11.8 Å². The number of hydrogen-bond donors (Lipinski definition) is 1. The van der Waals surface area contributed by atoms with Gasteiger partial charge >= 0.3 is 0 Å². The van der Waals surface area contributed by atoms with Gasteiger partial charge in [0.2, 0.25) is 12.7 Å². The molecule has 25 heavy (non-hydrogen) atoms. The van der Waals surface area contributed by atoms with Gasteiger partial charge in [-0.05, 0) is 30.5 Å². The Morgan fingerprint density at radius 2 is 2.08 bits per heavy atom. The number of aromatic nitrogens is 2. The third-order valence-corrected chi connectivity index (χ3v) is 4.51. The predicted octanol–water partition coefficient (Wildman–Crippen LogP) is 3.27. The summed E-state index contributed by atoms with van der Waals surface area (Å²) in [6.07, 6.45) is 2.02. The lowest BCUT2D eigenvalue weighted by Gasteiger charge is -2.10. The number of anilines is 1. The van der Waals surface area contributed by atoms with Crippen molar-refractivity contribution in [2.45, 2.75) is 12.3 Å². The fourth-order valence-corrected chi connectivity index (χ4v) is 3.34. The Labute approximate surface area is 149 Å². The topological polar surface area (TPSA) is 65.4 Å². The number of amides is 1. The van der Waals surface area contributed by atoms with Crippen molar-refractivity contribution in [3.63, 3.8) is 0 Å². The smallest absolute Gasteiger partial charge is 0.244 e. The number of imidazole rings is 1. The van der Waals surface area contributed by atoms with Gasteiger partial charge in [0.05, 0.1) is 16.8 Å². The van der Waals surface area contributed by atoms with E-state index >= 15 is 0 Å². The SMILES string of the molecule is CSCc1nc2ccccc2n1CC(=O)Nc1ccc2c(c1)OCO2. The first-order valence-corrected chi connectivity index (χ1v) is 9.26. The molecule has 0 saturated carbocycles. The highest BCUT2D eigenvalue weighted by atomic mass is 32.2. The number of thioether (sulfide) groups is 1. The van der Waals surface area contributed by atoms with E-state index in [9.17, 15) is 4.79 Å². The summed E-state index contributed by atoms with van der Waals surface area (Å²) in [6, 6.07) is 13.2. The average molecular weight is 355 g/mol. The molecule has 7 heteroatoms. The highest BCUT2D eigenvalue weighted by Crippen LogP contribution is 2.34. The van der Waals surface area contributed by atoms with Gasteiger partial charge in [0.25, 0.3) is 0 Å². The van der Waals surface area contributed by atoms with E-state index in [1.807, 2.05) is 35.1 Å². The van der Waals surface area contributed by atoms with Crippen molar-refractivity contribution in [2.75, 3.05) is 18.4 Å². The van der Waals surface area contributed by atoms with Gasteiger partial charge < -0.3 is 19.4 Å². The minimum Gasteiger partial charge on any atom is -0.454 e. The van der Waals surface area contributed by atoms with Crippen molar-refractivity contribution in [2.24, 2.45) is 0 Å². The van der Waals surface area contributed by atoms with E-state index in [1.165, 1.54) is 0 Å². The molecule has 3 aromatic rings. The summed E-state index contributed by atoms with van der Waals surface area (Å²) in [5, 5.41) is 2.91. The molecule has 0 bridgehead atoms. The average Bonchev–Trinajstić information content (AvgIpc) is 3.20. The number of benzene rings is 2. The van der Waals surface area contributed by atoms with Crippen LogP contribution in [0.2, 0.25) is 0 Å². The van der Waals surface area contributed by atoms with Crippen LogP contribution < -0.4 is 14.8 Å². The Morgan fingerprint density at radius 3 is 2.96 bits per heavy atom. The van der Waals surface area contributed by atoms with Crippen molar-refractivity contribution in [1.82, 2.24) is 9.55 Å². The normalized spacial score (nSPS) is 12.5. The molecule has 0 fully saturated rings. The van der Waals surface area contributed by atoms with Crippen LogP contribution in [0.3, 0.4) is 0 Å². The number of carbonyl (C=O) groups is 1. The van der Waals surface area contributed by atoms with Crippen LogP contribution in [0.4, 0.5) is 5.69 Å². The summed E-state index contributed by atoms with van der Waals surface area (Å²) >= 11 is 1.68. The highest BCUT2D eigenvalue weighted by molar-refractivity contribution is 7.97. The number of nitrogens with one attached hydrogen (secondary N) is 1. The standard InChI is InChI=1S/C18H17N3O3S/c1-25-10-17-20-13-4-2-3-5-14(13)21(17)9-18(22)19-12-6-7-15-16(8-12)24-11-23-15/h2-8H,9-11H2,1H3,(H,19,22). The molecule has 1 amide bonds. The maximum absolute atomic E-state index is 12.5. The van der Waals surface area contributed by atoms with E-state index in [2.05, 4.69) is 10.3 Å². The van der Waals surface area contributed by atoms with Gasteiger partial charge in [0.1, 0.15) is 12.4 Å². The zero-order valence-corrected chi connectivity index (χ0v) is 14.5. The summed E-state index contributed by atoms with van der Waals surface area (Å²) in [6.45, 7) is 0.427. The van der Waals surface area contributed by atoms with Crippen molar-refractivity contribution in [3.8, 4) is 11.5 Å². The third kappa shape index (κ3) is 3.15.